The molecule has 0 radical (unpaired) electrons. The molecule has 0 aliphatic carbocycles. The van der Waals surface area contributed by atoms with Crippen LogP contribution in [0.1, 0.15) is 5.56 Å². The van der Waals surface area contributed by atoms with Gasteiger partial charge < -0.3 is 4.74 Å². The van der Waals surface area contributed by atoms with E-state index in [4.69, 9.17) is 16.3 Å². The van der Waals surface area contributed by atoms with Crippen LogP contribution in [-0.4, -0.2) is 12.4 Å². The second-order valence-corrected chi connectivity index (χ2v) is 4.47. The molecule has 0 saturated carbocycles. The predicted octanol–water partition coefficient (Wildman–Crippen LogP) is 3.67. The third-order valence-electron chi connectivity index (χ3n) is 2.53. The Morgan fingerprint density at radius 3 is 2.58 bits per heavy atom. The van der Waals surface area contributed by atoms with Crippen LogP contribution in [0.5, 0.6) is 5.75 Å². The molecule has 0 fully saturated rings. The minimum Gasteiger partial charge on any atom is -0.484 e. The van der Waals surface area contributed by atoms with Crippen molar-refractivity contribution in [3.05, 3.63) is 64.9 Å². The van der Waals surface area contributed by atoms with Gasteiger partial charge in [0.1, 0.15) is 18.2 Å². The number of halogens is 2. The van der Waals surface area contributed by atoms with Crippen molar-refractivity contribution in [2.24, 2.45) is 0 Å². The zero-order valence-electron chi connectivity index (χ0n) is 10.1. The van der Waals surface area contributed by atoms with E-state index in [1.165, 1.54) is 12.1 Å². The summed E-state index contributed by atoms with van der Waals surface area (Å²) in [5.41, 5.74) is 0.932. The van der Waals surface area contributed by atoms with Gasteiger partial charge in [0.15, 0.2) is 5.78 Å². The first kappa shape index (κ1) is 13.6. The lowest BCUT2D eigenvalue weighted by molar-refractivity contribution is -0.120. The van der Waals surface area contributed by atoms with Crippen molar-refractivity contribution >= 4 is 17.4 Å². The number of benzene rings is 2. The lowest BCUT2D eigenvalue weighted by atomic mass is 10.1. The molecule has 2 aromatic carbocycles. The third-order valence-corrected chi connectivity index (χ3v) is 2.82. The van der Waals surface area contributed by atoms with E-state index in [2.05, 4.69) is 0 Å². The summed E-state index contributed by atoms with van der Waals surface area (Å²) < 4.78 is 18.1. The Morgan fingerprint density at radius 2 is 1.89 bits per heavy atom. The highest BCUT2D eigenvalue weighted by Gasteiger charge is 2.07. The number of carbonyl (C=O) groups excluding carboxylic acids is 1. The normalized spacial score (nSPS) is 10.2. The molecule has 0 heterocycles. The fourth-order valence-corrected chi connectivity index (χ4v) is 1.85. The molecule has 0 aliphatic heterocycles. The summed E-state index contributed by atoms with van der Waals surface area (Å²) in [5, 5.41) is 0.160. The first-order valence-electron chi connectivity index (χ1n) is 5.78. The first-order valence-corrected chi connectivity index (χ1v) is 6.16. The van der Waals surface area contributed by atoms with Gasteiger partial charge in [-0.15, -0.1) is 0 Å². The summed E-state index contributed by atoms with van der Waals surface area (Å²) in [6.07, 6.45) is 0.305. The molecule has 0 unspecified atom stereocenters. The Kier molecular flexibility index (Phi) is 4.53. The van der Waals surface area contributed by atoms with E-state index >= 15 is 0 Å². The minimum absolute atomic E-state index is 0.0633. The summed E-state index contributed by atoms with van der Waals surface area (Å²) in [7, 11) is 0. The molecule has 0 aliphatic rings. The van der Waals surface area contributed by atoms with Crippen molar-refractivity contribution in [1.82, 2.24) is 0 Å². The van der Waals surface area contributed by atoms with Crippen molar-refractivity contribution in [3.63, 3.8) is 0 Å². The number of hydrogen-bond donors (Lipinski definition) is 0. The van der Waals surface area contributed by atoms with Crippen LogP contribution < -0.4 is 4.74 Å². The van der Waals surface area contributed by atoms with Gasteiger partial charge in [-0.05, 0) is 23.8 Å². The van der Waals surface area contributed by atoms with Crippen LogP contribution in [0, 0.1) is 5.82 Å². The molecule has 98 valence electrons. The van der Waals surface area contributed by atoms with E-state index in [-0.39, 0.29) is 17.4 Å². The topological polar surface area (TPSA) is 26.3 Å². The monoisotopic (exact) mass is 278 g/mol. The number of rotatable bonds is 5. The number of ketones is 1. The maximum absolute atomic E-state index is 12.8. The summed E-state index contributed by atoms with van der Waals surface area (Å²) in [4.78, 5) is 11.7. The van der Waals surface area contributed by atoms with Crippen LogP contribution in [0.2, 0.25) is 5.02 Å². The Balaban J connectivity index is 1.90. The summed E-state index contributed by atoms with van der Waals surface area (Å²) in [6, 6.07) is 13.2. The van der Waals surface area contributed by atoms with E-state index in [1.54, 1.807) is 0 Å². The maximum atomic E-state index is 12.8. The smallest absolute Gasteiger partial charge is 0.174 e. The van der Waals surface area contributed by atoms with Crippen molar-refractivity contribution in [2.45, 2.75) is 6.42 Å². The molecule has 2 aromatic rings. The zero-order chi connectivity index (χ0) is 13.7. The van der Waals surface area contributed by atoms with Gasteiger partial charge in [-0.1, -0.05) is 41.9 Å². The quantitative estimate of drug-likeness (QED) is 0.834. The number of Topliss-reactive ketones (excluding diaryl/α,β-unsaturated/α-hetero) is 1. The molecular formula is C15H12ClFO2. The van der Waals surface area contributed by atoms with E-state index in [1.807, 2.05) is 30.3 Å². The summed E-state index contributed by atoms with van der Waals surface area (Å²) >= 11 is 5.80. The third kappa shape index (κ3) is 4.07. The largest absolute Gasteiger partial charge is 0.484 e. The Labute approximate surface area is 115 Å². The van der Waals surface area contributed by atoms with Crippen molar-refractivity contribution in [3.8, 4) is 5.75 Å². The lowest BCUT2D eigenvalue weighted by Crippen LogP contribution is -2.13. The van der Waals surface area contributed by atoms with Gasteiger partial charge in [-0.2, -0.15) is 0 Å². The standard InChI is InChI=1S/C15H12ClFO2/c16-14-9-12(17)6-7-15(14)19-10-13(18)8-11-4-2-1-3-5-11/h1-7,9H,8,10H2. The van der Waals surface area contributed by atoms with Crippen molar-refractivity contribution in [1.29, 1.82) is 0 Å². The van der Waals surface area contributed by atoms with Crippen LogP contribution in [0.25, 0.3) is 0 Å². The number of ether oxygens (including phenoxy) is 1. The summed E-state index contributed by atoms with van der Waals surface area (Å²) in [5.74, 6) is -0.191. The molecule has 19 heavy (non-hydrogen) atoms. The highest BCUT2D eigenvalue weighted by Crippen LogP contribution is 2.24. The molecule has 0 spiro atoms. The van der Waals surface area contributed by atoms with Crippen LogP contribution in [0.3, 0.4) is 0 Å². The Bertz CT molecular complexity index is 570. The fraction of sp³-hybridized carbons (Fsp3) is 0.133. The van der Waals surface area contributed by atoms with Gasteiger partial charge in [-0.25, -0.2) is 4.39 Å². The SMILES string of the molecule is O=C(COc1ccc(F)cc1Cl)Cc1ccccc1. The van der Waals surface area contributed by atoms with Gasteiger partial charge in [0, 0.05) is 6.42 Å². The molecule has 2 nitrogen and oxygen atoms in total. The predicted molar refractivity (Wildman–Crippen MR) is 72.1 cm³/mol. The average molecular weight is 279 g/mol. The van der Waals surface area contributed by atoms with E-state index in [9.17, 15) is 9.18 Å². The molecule has 0 aromatic heterocycles. The zero-order valence-corrected chi connectivity index (χ0v) is 10.9. The van der Waals surface area contributed by atoms with Crippen LogP contribution in [0.15, 0.2) is 48.5 Å². The van der Waals surface area contributed by atoms with E-state index < -0.39 is 5.82 Å². The van der Waals surface area contributed by atoms with Gasteiger partial charge >= 0.3 is 0 Å². The van der Waals surface area contributed by atoms with Gasteiger partial charge in [-0.3, -0.25) is 4.79 Å². The van der Waals surface area contributed by atoms with Crippen LogP contribution >= 0.6 is 11.6 Å². The molecule has 0 atom stereocenters. The van der Waals surface area contributed by atoms with Gasteiger partial charge in [0.2, 0.25) is 0 Å². The fourth-order valence-electron chi connectivity index (χ4n) is 1.63. The first-order chi connectivity index (χ1) is 9.15. The van der Waals surface area contributed by atoms with Crippen LogP contribution in [0.4, 0.5) is 4.39 Å². The minimum atomic E-state index is -0.437. The average Bonchev–Trinajstić information content (AvgIpc) is 2.39. The molecule has 0 bridgehead atoms. The van der Waals surface area contributed by atoms with Gasteiger partial charge in [0.25, 0.3) is 0 Å². The summed E-state index contributed by atoms with van der Waals surface area (Å²) in [6.45, 7) is -0.0831. The highest BCUT2D eigenvalue weighted by atomic mass is 35.5. The highest BCUT2D eigenvalue weighted by molar-refractivity contribution is 6.32. The molecule has 2 rings (SSSR count). The lowest BCUT2D eigenvalue weighted by Gasteiger charge is -2.07. The Morgan fingerprint density at radius 1 is 1.16 bits per heavy atom. The maximum Gasteiger partial charge on any atom is 0.174 e. The Hall–Kier alpha value is -1.87. The number of carbonyl (C=O) groups is 1. The van der Waals surface area contributed by atoms with Crippen molar-refractivity contribution < 1.29 is 13.9 Å². The molecular weight excluding hydrogens is 267 g/mol. The van der Waals surface area contributed by atoms with Crippen LogP contribution in [-0.2, 0) is 11.2 Å². The van der Waals surface area contributed by atoms with Crippen molar-refractivity contribution in [2.75, 3.05) is 6.61 Å². The van der Waals surface area contributed by atoms with E-state index in [0.29, 0.717) is 12.2 Å². The molecule has 0 amide bonds. The molecule has 0 saturated heterocycles. The van der Waals surface area contributed by atoms with Gasteiger partial charge in [0.05, 0.1) is 5.02 Å². The van der Waals surface area contributed by atoms with E-state index in [0.717, 1.165) is 11.6 Å². The second-order valence-electron chi connectivity index (χ2n) is 4.06. The molecule has 4 heteroatoms. The number of hydrogen-bond acceptors (Lipinski definition) is 2. The second kappa shape index (κ2) is 6.34. The molecule has 0 N–H and O–H groups in total.